The Labute approximate surface area is 186 Å². The fourth-order valence-corrected chi connectivity index (χ4v) is 6.67. The Bertz CT molecular complexity index is 921. The number of aryl methyl sites for hydroxylation is 2. The highest BCUT2D eigenvalue weighted by atomic mass is 32.2. The first-order chi connectivity index (χ1) is 14.7. The lowest BCUT2D eigenvalue weighted by Gasteiger charge is -2.25. The Morgan fingerprint density at radius 1 is 1.27 bits per heavy atom. The topological polar surface area (TPSA) is 67.4 Å². The zero-order valence-electron chi connectivity index (χ0n) is 17.6. The molecule has 1 saturated carbocycles. The first kappa shape index (κ1) is 20.7. The summed E-state index contributed by atoms with van der Waals surface area (Å²) in [6.45, 7) is 6.27. The van der Waals surface area contributed by atoms with Gasteiger partial charge < -0.3 is 10.1 Å². The number of hydrogen-bond donors (Lipinski definition) is 1. The third kappa shape index (κ3) is 4.66. The molecule has 0 radical (unpaired) electrons. The molecular weight excluding hydrogens is 416 g/mol. The smallest absolute Gasteiger partial charge is 0.230 e. The highest BCUT2D eigenvalue weighted by Crippen LogP contribution is 2.40. The van der Waals surface area contributed by atoms with Gasteiger partial charge in [-0.05, 0) is 56.9 Å². The van der Waals surface area contributed by atoms with Crippen LogP contribution in [-0.2, 0) is 28.9 Å². The molecule has 1 saturated heterocycles. The number of thioether (sulfide) groups is 1. The molecule has 3 heterocycles. The minimum absolute atomic E-state index is 0.116. The van der Waals surface area contributed by atoms with E-state index in [2.05, 4.69) is 17.1 Å². The van der Waals surface area contributed by atoms with E-state index in [-0.39, 0.29) is 11.9 Å². The van der Waals surface area contributed by atoms with Gasteiger partial charge in [-0.3, -0.25) is 9.69 Å². The Kier molecular flexibility index (Phi) is 6.27. The number of ether oxygens (including phenoxy) is 1. The first-order valence-corrected chi connectivity index (χ1v) is 13.0. The van der Waals surface area contributed by atoms with Gasteiger partial charge in [0.05, 0.1) is 25.5 Å². The lowest BCUT2D eigenvalue weighted by atomic mass is 9.97. The molecule has 3 aliphatic rings. The molecule has 8 heteroatoms. The summed E-state index contributed by atoms with van der Waals surface area (Å²) in [6.07, 6.45) is 7.24. The van der Waals surface area contributed by atoms with Gasteiger partial charge in [0.2, 0.25) is 5.91 Å². The number of morpholine rings is 1. The number of thiophene rings is 1. The van der Waals surface area contributed by atoms with Gasteiger partial charge in [0.25, 0.3) is 0 Å². The molecule has 1 aliphatic heterocycles. The minimum Gasteiger partial charge on any atom is -0.379 e. The van der Waals surface area contributed by atoms with Crippen molar-refractivity contribution >= 4 is 39.2 Å². The van der Waals surface area contributed by atoms with Gasteiger partial charge in [-0.25, -0.2) is 9.97 Å². The van der Waals surface area contributed by atoms with Crippen LogP contribution in [-0.4, -0.2) is 58.9 Å². The van der Waals surface area contributed by atoms with Crippen LogP contribution in [0.25, 0.3) is 10.2 Å². The maximum Gasteiger partial charge on any atom is 0.230 e. The van der Waals surface area contributed by atoms with Gasteiger partial charge >= 0.3 is 0 Å². The average Bonchev–Trinajstić information content (AvgIpc) is 3.53. The van der Waals surface area contributed by atoms with Crippen LogP contribution in [0.5, 0.6) is 0 Å². The quantitative estimate of drug-likeness (QED) is 0.519. The van der Waals surface area contributed by atoms with Crippen LogP contribution in [0.3, 0.4) is 0 Å². The number of rotatable bonds is 7. The van der Waals surface area contributed by atoms with Gasteiger partial charge in [-0.15, -0.1) is 11.3 Å². The Balaban J connectivity index is 1.38. The summed E-state index contributed by atoms with van der Waals surface area (Å²) >= 11 is 3.43. The van der Waals surface area contributed by atoms with Gasteiger partial charge in [0, 0.05) is 29.4 Å². The van der Waals surface area contributed by atoms with Crippen molar-refractivity contribution in [3.8, 4) is 0 Å². The van der Waals surface area contributed by atoms with E-state index in [1.54, 1.807) is 11.8 Å². The number of carbonyl (C=O) groups is 1. The van der Waals surface area contributed by atoms with Crippen LogP contribution >= 0.6 is 23.1 Å². The second kappa shape index (κ2) is 9.10. The molecular formula is C22H30N4O2S2. The van der Waals surface area contributed by atoms with E-state index in [0.29, 0.717) is 11.7 Å². The predicted octanol–water partition coefficient (Wildman–Crippen LogP) is 3.41. The second-order valence-electron chi connectivity index (χ2n) is 8.71. The largest absolute Gasteiger partial charge is 0.379 e. The SMILES string of the molecule is C[C@H](NC(=O)CSc1nc(CN2CCOCC2)nc2sc3c(c12)CCCC3)C1CC1. The molecule has 2 aliphatic carbocycles. The number of fused-ring (bicyclic) bond motifs is 3. The monoisotopic (exact) mass is 446 g/mol. The molecule has 1 N–H and O–H groups in total. The summed E-state index contributed by atoms with van der Waals surface area (Å²) in [5.74, 6) is 2.08. The molecule has 30 heavy (non-hydrogen) atoms. The molecule has 0 unspecified atom stereocenters. The summed E-state index contributed by atoms with van der Waals surface area (Å²) < 4.78 is 5.48. The van der Waals surface area contributed by atoms with Gasteiger partial charge in [0.1, 0.15) is 15.7 Å². The first-order valence-electron chi connectivity index (χ1n) is 11.2. The summed E-state index contributed by atoms with van der Waals surface area (Å²) in [7, 11) is 0. The molecule has 0 spiro atoms. The maximum atomic E-state index is 12.5. The average molecular weight is 447 g/mol. The Hall–Kier alpha value is -1.22. The van der Waals surface area contributed by atoms with Gasteiger partial charge in [-0.2, -0.15) is 0 Å². The number of amides is 1. The van der Waals surface area contributed by atoms with Crippen LogP contribution in [0.1, 0.15) is 48.9 Å². The van der Waals surface area contributed by atoms with E-state index in [1.165, 1.54) is 41.5 Å². The van der Waals surface area contributed by atoms with Crippen LogP contribution < -0.4 is 5.32 Å². The van der Waals surface area contributed by atoms with Crippen LogP contribution in [0.2, 0.25) is 0 Å². The normalized spacial score (nSPS) is 20.8. The van der Waals surface area contributed by atoms with Crippen molar-refractivity contribution in [1.29, 1.82) is 0 Å². The van der Waals surface area contributed by atoms with E-state index < -0.39 is 0 Å². The molecule has 2 aromatic heterocycles. The van der Waals surface area contributed by atoms with E-state index in [4.69, 9.17) is 14.7 Å². The number of carbonyl (C=O) groups excluding carboxylic acids is 1. The van der Waals surface area contributed by atoms with Gasteiger partial charge in [-0.1, -0.05) is 11.8 Å². The lowest BCUT2D eigenvalue weighted by Crippen LogP contribution is -2.36. The fraction of sp³-hybridized carbons (Fsp3) is 0.682. The lowest BCUT2D eigenvalue weighted by molar-refractivity contribution is -0.119. The van der Waals surface area contributed by atoms with Crippen molar-refractivity contribution in [2.45, 2.75) is 63.1 Å². The van der Waals surface area contributed by atoms with E-state index in [9.17, 15) is 4.79 Å². The standard InChI is InChI=1S/C22H30N4O2S2/c1-14(15-6-7-15)23-19(27)13-29-21-20-16-4-2-3-5-17(16)30-22(20)25-18(24-21)12-26-8-10-28-11-9-26/h14-15H,2-13H2,1H3,(H,23,27)/t14-/m0/s1. The van der Waals surface area contributed by atoms with E-state index in [1.807, 2.05) is 11.3 Å². The van der Waals surface area contributed by atoms with Gasteiger partial charge in [0.15, 0.2) is 0 Å². The Morgan fingerprint density at radius 3 is 2.87 bits per heavy atom. The third-order valence-corrected chi connectivity index (χ3v) is 8.52. The summed E-state index contributed by atoms with van der Waals surface area (Å²) in [5.41, 5.74) is 1.44. The van der Waals surface area contributed by atoms with Crippen molar-refractivity contribution in [3.05, 3.63) is 16.3 Å². The molecule has 162 valence electrons. The maximum absolute atomic E-state index is 12.5. The fourth-order valence-electron chi connectivity index (χ4n) is 4.44. The second-order valence-corrected chi connectivity index (χ2v) is 10.8. The minimum atomic E-state index is 0.116. The summed E-state index contributed by atoms with van der Waals surface area (Å²) in [6, 6.07) is 0.286. The van der Waals surface area contributed by atoms with Crippen molar-refractivity contribution in [3.63, 3.8) is 0 Å². The van der Waals surface area contributed by atoms with E-state index in [0.717, 1.165) is 61.4 Å². The van der Waals surface area contributed by atoms with Crippen molar-refractivity contribution in [2.75, 3.05) is 32.1 Å². The highest BCUT2D eigenvalue weighted by Gasteiger charge is 2.29. The van der Waals surface area contributed by atoms with Crippen molar-refractivity contribution in [2.24, 2.45) is 5.92 Å². The molecule has 6 nitrogen and oxygen atoms in total. The van der Waals surface area contributed by atoms with Crippen LogP contribution in [0.4, 0.5) is 0 Å². The van der Waals surface area contributed by atoms with E-state index >= 15 is 0 Å². The summed E-state index contributed by atoms with van der Waals surface area (Å²) in [5, 5.41) is 5.39. The van der Waals surface area contributed by atoms with Crippen LogP contribution in [0.15, 0.2) is 5.03 Å². The van der Waals surface area contributed by atoms with Crippen molar-refractivity contribution < 1.29 is 9.53 Å². The zero-order valence-corrected chi connectivity index (χ0v) is 19.2. The summed E-state index contributed by atoms with van der Waals surface area (Å²) in [4.78, 5) is 27.4. The number of hydrogen-bond acceptors (Lipinski definition) is 7. The Morgan fingerprint density at radius 2 is 2.07 bits per heavy atom. The molecule has 2 fully saturated rings. The third-order valence-electron chi connectivity index (χ3n) is 6.35. The zero-order chi connectivity index (χ0) is 20.5. The molecule has 1 amide bonds. The molecule has 0 bridgehead atoms. The molecule has 2 aromatic rings. The number of aromatic nitrogens is 2. The van der Waals surface area contributed by atoms with Crippen LogP contribution in [0, 0.1) is 5.92 Å². The number of nitrogens with one attached hydrogen (secondary N) is 1. The predicted molar refractivity (Wildman–Crippen MR) is 121 cm³/mol. The molecule has 0 aromatic carbocycles. The molecule has 5 rings (SSSR count). The number of nitrogens with zero attached hydrogens (tertiary/aromatic N) is 3. The highest BCUT2D eigenvalue weighted by molar-refractivity contribution is 8.00. The van der Waals surface area contributed by atoms with Crippen molar-refractivity contribution in [1.82, 2.24) is 20.2 Å². The molecule has 1 atom stereocenters.